The van der Waals surface area contributed by atoms with Crippen LogP contribution in [0.4, 0.5) is 24.5 Å². The van der Waals surface area contributed by atoms with Gasteiger partial charge in [-0.05, 0) is 66.1 Å². The van der Waals surface area contributed by atoms with Gasteiger partial charge in [-0.2, -0.15) is 0 Å². The number of amides is 2. The fourth-order valence-corrected chi connectivity index (χ4v) is 5.44. The van der Waals surface area contributed by atoms with Crippen molar-refractivity contribution in [1.82, 2.24) is 9.78 Å². The molecule has 2 heterocycles. The first-order valence-corrected chi connectivity index (χ1v) is 14.0. The van der Waals surface area contributed by atoms with Gasteiger partial charge in [-0.1, -0.05) is 48.5 Å². The molecule has 1 aliphatic rings. The summed E-state index contributed by atoms with van der Waals surface area (Å²) in [6, 6.07) is 20.2. The number of hydrogen-bond acceptors (Lipinski definition) is 5. The van der Waals surface area contributed by atoms with E-state index in [2.05, 4.69) is 29.0 Å². The van der Waals surface area contributed by atoms with E-state index < -0.39 is 6.36 Å². The lowest BCUT2D eigenvalue weighted by Crippen LogP contribution is -2.27. The standard InChI is InChI=1S/C30H26F3N5O3S/c1-19(2)24-6-4-5-7-25(24)38-27(40)17-42-28(38)16-26(39)34-21-10-8-20(9-11-21)29-35-37(18-36(29)3)22-12-14-23(15-13-22)41-30(31,32)33/h4-16,18-19H,17H2,1-3H3/p+1. The molecule has 5 rings (SSSR count). The Kier molecular flexibility index (Phi) is 8.08. The van der Waals surface area contributed by atoms with Crippen molar-refractivity contribution in [1.29, 1.82) is 0 Å². The number of ether oxygens (including phenoxy) is 1. The minimum absolute atomic E-state index is 0.0746. The number of nitrogens with one attached hydrogen (secondary N) is 1. The molecule has 1 N–H and O–H groups in total. The lowest BCUT2D eigenvalue weighted by Gasteiger charge is -2.22. The van der Waals surface area contributed by atoms with Gasteiger partial charge >= 0.3 is 12.2 Å². The molecule has 0 bridgehead atoms. The number of halogens is 3. The maximum absolute atomic E-state index is 12.9. The van der Waals surface area contributed by atoms with Crippen LogP contribution in [0.3, 0.4) is 0 Å². The second-order valence-corrected chi connectivity index (χ2v) is 10.8. The van der Waals surface area contributed by atoms with Gasteiger partial charge in [0.05, 0.1) is 34.2 Å². The minimum atomic E-state index is -4.76. The molecule has 4 aromatic rings. The van der Waals surface area contributed by atoms with Gasteiger partial charge in [-0.15, -0.1) is 13.2 Å². The van der Waals surface area contributed by atoms with E-state index in [-0.39, 0.29) is 29.2 Å². The van der Waals surface area contributed by atoms with Crippen LogP contribution >= 0.6 is 11.8 Å². The third-order valence-electron chi connectivity index (χ3n) is 6.43. The molecular weight excluding hydrogens is 567 g/mol. The fourth-order valence-electron chi connectivity index (χ4n) is 4.52. The van der Waals surface area contributed by atoms with E-state index in [1.807, 2.05) is 24.3 Å². The van der Waals surface area contributed by atoms with Crippen molar-refractivity contribution in [3.05, 3.63) is 95.8 Å². The number of aromatic nitrogens is 3. The van der Waals surface area contributed by atoms with Crippen molar-refractivity contribution >= 4 is 35.0 Å². The van der Waals surface area contributed by atoms with Crippen LogP contribution in [0.25, 0.3) is 17.1 Å². The lowest BCUT2D eigenvalue weighted by atomic mass is 10.0. The Hall–Kier alpha value is -4.58. The Morgan fingerprint density at radius 3 is 2.43 bits per heavy atom. The molecule has 0 aliphatic carbocycles. The first kappa shape index (κ1) is 28.9. The summed E-state index contributed by atoms with van der Waals surface area (Å²) in [7, 11) is 1.80. The molecule has 12 heteroatoms. The predicted octanol–water partition coefficient (Wildman–Crippen LogP) is 5.95. The van der Waals surface area contributed by atoms with Gasteiger partial charge in [0.2, 0.25) is 12.2 Å². The summed E-state index contributed by atoms with van der Waals surface area (Å²) in [5, 5.41) is 7.97. The van der Waals surface area contributed by atoms with Crippen molar-refractivity contribution in [3.8, 4) is 22.8 Å². The number of aryl methyl sites for hydroxylation is 1. The first-order chi connectivity index (χ1) is 20.0. The van der Waals surface area contributed by atoms with Crippen LogP contribution < -0.4 is 19.5 Å². The van der Waals surface area contributed by atoms with Crippen molar-refractivity contribution in [2.24, 2.45) is 7.05 Å². The summed E-state index contributed by atoms with van der Waals surface area (Å²) in [5.74, 6) is 0.317. The third-order valence-corrected chi connectivity index (χ3v) is 7.42. The molecule has 0 atom stereocenters. The Bertz CT molecular complexity index is 1650. The van der Waals surface area contributed by atoms with E-state index in [1.165, 1.54) is 42.1 Å². The number of hydrogen-bond donors (Lipinski definition) is 1. The molecule has 0 radical (unpaired) electrons. The molecule has 2 amide bonds. The van der Waals surface area contributed by atoms with Crippen molar-refractivity contribution < 1.29 is 32.1 Å². The molecule has 42 heavy (non-hydrogen) atoms. The van der Waals surface area contributed by atoms with E-state index in [0.717, 1.165) is 16.8 Å². The second kappa shape index (κ2) is 11.7. The number of carbonyl (C=O) groups is 2. The largest absolute Gasteiger partial charge is 0.573 e. The topological polar surface area (TPSA) is 80.3 Å². The number of alkyl halides is 3. The van der Waals surface area contributed by atoms with Crippen LogP contribution in [0, 0.1) is 0 Å². The summed E-state index contributed by atoms with van der Waals surface area (Å²) in [6.07, 6.45) is -1.63. The van der Waals surface area contributed by atoms with Crippen LogP contribution in [-0.4, -0.2) is 33.7 Å². The van der Waals surface area contributed by atoms with Gasteiger partial charge < -0.3 is 10.1 Å². The zero-order valence-electron chi connectivity index (χ0n) is 22.9. The Balaban J connectivity index is 1.29. The average Bonchev–Trinajstić information content (AvgIpc) is 3.50. The molecule has 1 saturated heterocycles. The smallest absolute Gasteiger partial charge is 0.406 e. The fraction of sp³-hybridized carbons (Fsp3) is 0.200. The Labute approximate surface area is 244 Å². The van der Waals surface area contributed by atoms with Crippen LogP contribution in [-0.2, 0) is 16.6 Å². The summed E-state index contributed by atoms with van der Waals surface area (Å²) in [6.45, 7) is 4.12. The molecule has 1 aliphatic heterocycles. The molecule has 3 aromatic carbocycles. The lowest BCUT2D eigenvalue weighted by molar-refractivity contribution is -0.661. The summed E-state index contributed by atoms with van der Waals surface area (Å²) in [4.78, 5) is 27.3. The van der Waals surface area contributed by atoms with Gasteiger partial charge in [0.1, 0.15) is 11.4 Å². The molecule has 8 nitrogen and oxygen atoms in total. The van der Waals surface area contributed by atoms with Crippen LogP contribution in [0.1, 0.15) is 25.3 Å². The maximum atomic E-state index is 12.9. The van der Waals surface area contributed by atoms with Gasteiger partial charge in [0.25, 0.3) is 5.91 Å². The molecule has 216 valence electrons. The molecule has 0 saturated carbocycles. The highest BCUT2D eigenvalue weighted by atomic mass is 32.2. The van der Waals surface area contributed by atoms with Crippen molar-refractivity contribution in [2.45, 2.75) is 26.1 Å². The van der Waals surface area contributed by atoms with E-state index in [1.54, 1.807) is 51.8 Å². The van der Waals surface area contributed by atoms with Gasteiger partial charge in [0.15, 0.2) is 0 Å². The average molecular weight is 595 g/mol. The first-order valence-electron chi connectivity index (χ1n) is 13.0. The Morgan fingerprint density at radius 1 is 1.07 bits per heavy atom. The monoisotopic (exact) mass is 594 g/mol. The number of para-hydroxylation sites is 1. The zero-order chi connectivity index (χ0) is 30.0. The SMILES string of the molecule is CC(C)c1ccccc1N1C(=O)CSC1=CC(=O)Nc1ccc(-c2nn(-c3ccc(OC(F)(F)F)cc3)c[n+]2C)cc1. The summed E-state index contributed by atoms with van der Waals surface area (Å²) in [5.41, 5.74) is 3.68. The maximum Gasteiger partial charge on any atom is 0.573 e. The van der Waals surface area contributed by atoms with Crippen LogP contribution in [0.5, 0.6) is 5.75 Å². The Morgan fingerprint density at radius 2 is 1.76 bits per heavy atom. The third kappa shape index (κ3) is 6.49. The number of thioether (sulfide) groups is 1. The number of benzene rings is 3. The van der Waals surface area contributed by atoms with Gasteiger partial charge in [-0.25, -0.2) is 4.57 Å². The molecule has 0 spiro atoms. The number of carbonyl (C=O) groups excluding carboxylic acids is 2. The van der Waals surface area contributed by atoms with Crippen LogP contribution in [0.15, 0.2) is 90.2 Å². The van der Waals surface area contributed by atoms with Crippen molar-refractivity contribution in [2.75, 3.05) is 16.0 Å². The van der Waals surface area contributed by atoms with Crippen LogP contribution in [0.2, 0.25) is 0 Å². The van der Waals surface area contributed by atoms with E-state index in [4.69, 9.17) is 0 Å². The summed E-state index contributed by atoms with van der Waals surface area (Å²) >= 11 is 1.32. The molecule has 0 unspecified atom stereocenters. The normalized spacial score (nSPS) is 14.6. The number of nitrogens with zero attached hydrogens (tertiary/aromatic N) is 4. The molecule has 1 fully saturated rings. The zero-order valence-corrected chi connectivity index (χ0v) is 23.7. The highest BCUT2D eigenvalue weighted by Gasteiger charge is 2.32. The van der Waals surface area contributed by atoms with E-state index >= 15 is 0 Å². The predicted molar refractivity (Wildman–Crippen MR) is 154 cm³/mol. The van der Waals surface area contributed by atoms with E-state index in [9.17, 15) is 22.8 Å². The number of rotatable bonds is 7. The molecule has 1 aromatic heterocycles. The van der Waals surface area contributed by atoms with Gasteiger partial charge in [-0.3, -0.25) is 14.5 Å². The highest BCUT2D eigenvalue weighted by molar-refractivity contribution is 8.04. The molecular formula is C30H27F3N5O3S+. The second-order valence-electron chi connectivity index (χ2n) is 9.82. The van der Waals surface area contributed by atoms with Gasteiger partial charge in [0, 0.05) is 11.8 Å². The summed E-state index contributed by atoms with van der Waals surface area (Å²) < 4.78 is 44.6. The number of anilines is 2. The van der Waals surface area contributed by atoms with E-state index in [0.29, 0.717) is 22.2 Å². The van der Waals surface area contributed by atoms with Crippen molar-refractivity contribution in [3.63, 3.8) is 0 Å². The highest BCUT2D eigenvalue weighted by Crippen LogP contribution is 2.38. The minimum Gasteiger partial charge on any atom is -0.406 e. The quantitative estimate of drug-likeness (QED) is 0.212.